The van der Waals surface area contributed by atoms with Gasteiger partial charge in [-0.3, -0.25) is 9.69 Å². The number of nitrogens with one attached hydrogen (secondary N) is 1. The molecule has 1 saturated heterocycles. The third-order valence-corrected chi connectivity index (χ3v) is 17.3. The van der Waals surface area contributed by atoms with Crippen LogP contribution in [0.15, 0.2) is 35.5 Å². The zero-order valence-corrected chi connectivity index (χ0v) is 35.2. The summed E-state index contributed by atoms with van der Waals surface area (Å²) in [6.45, 7) is 30.8. The molecule has 51 heavy (non-hydrogen) atoms. The number of hydrogen-bond acceptors (Lipinski definition) is 5. The van der Waals surface area contributed by atoms with E-state index < -0.39 is 0 Å². The van der Waals surface area contributed by atoms with Crippen molar-refractivity contribution in [2.75, 3.05) is 45.5 Å². The van der Waals surface area contributed by atoms with Gasteiger partial charge in [0, 0.05) is 44.8 Å². The molecule has 0 aromatic heterocycles. The molecular weight excluding hydrogens is 647 g/mol. The molecule has 0 radical (unpaired) electrons. The zero-order valence-electron chi connectivity index (χ0n) is 34.4. The predicted octanol–water partition coefficient (Wildman–Crippen LogP) is 10.6. The molecule has 5 fully saturated rings. The van der Waals surface area contributed by atoms with Gasteiger partial charge in [0.1, 0.15) is 0 Å². The van der Waals surface area contributed by atoms with Crippen LogP contribution in [0.4, 0.5) is 0 Å². The molecule has 0 amide bonds. The highest BCUT2D eigenvalue weighted by Gasteiger charge is 2.69. The summed E-state index contributed by atoms with van der Waals surface area (Å²) >= 11 is 1.92. The number of hydrogen-bond donors (Lipinski definition) is 2. The van der Waals surface area contributed by atoms with Crippen molar-refractivity contribution in [3.63, 3.8) is 0 Å². The van der Waals surface area contributed by atoms with Crippen LogP contribution in [0.1, 0.15) is 139 Å². The normalized spacial score (nSPS) is 41.8. The summed E-state index contributed by atoms with van der Waals surface area (Å²) in [7, 11) is 0. The van der Waals surface area contributed by atoms with E-state index in [0.29, 0.717) is 27.2 Å². The van der Waals surface area contributed by atoms with Crippen LogP contribution in [0.2, 0.25) is 0 Å². The smallest absolute Gasteiger partial charge is 0.290 e. The Morgan fingerprint density at radius 3 is 2.24 bits per heavy atom. The van der Waals surface area contributed by atoms with E-state index in [-0.39, 0.29) is 6.47 Å². The first-order chi connectivity index (χ1) is 24.1. The summed E-state index contributed by atoms with van der Waals surface area (Å²) < 4.78 is 2.53. The Morgan fingerprint density at radius 2 is 1.61 bits per heavy atom. The van der Waals surface area contributed by atoms with Crippen LogP contribution < -0.4 is 5.32 Å². The molecule has 4 saturated carbocycles. The Bertz CT molecular complexity index is 1280. The Morgan fingerprint density at radius 1 is 0.922 bits per heavy atom. The lowest BCUT2D eigenvalue weighted by Gasteiger charge is -2.72. The summed E-state index contributed by atoms with van der Waals surface area (Å²) in [6.07, 6.45) is 26.1. The lowest BCUT2D eigenvalue weighted by Crippen LogP contribution is -2.67. The number of piperazine rings is 1. The van der Waals surface area contributed by atoms with Gasteiger partial charge in [-0.1, -0.05) is 77.6 Å². The molecule has 290 valence electrons. The Labute approximate surface area is 318 Å². The molecule has 5 nitrogen and oxygen atoms in total. The van der Waals surface area contributed by atoms with E-state index in [4.69, 9.17) is 9.90 Å². The van der Waals surface area contributed by atoms with E-state index in [2.05, 4.69) is 81.1 Å². The van der Waals surface area contributed by atoms with Gasteiger partial charge in [-0.25, -0.2) is 4.31 Å². The Hall–Kier alpha value is -1.08. The molecule has 2 N–H and O–H groups in total. The molecule has 6 heteroatoms. The first kappa shape index (κ1) is 41.1. The predicted molar refractivity (Wildman–Crippen MR) is 219 cm³/mol. The third kappa shape index (κ3) is 7.75. The number of nitrogens with zero attached hydrogens (tertiary/aromatic N) is 2. The summed E-state index contributed by atoms with van der Waals surface area (Å²) in [6, 6.07) is 0. The van der Waals surface area contributed by atoms with Gasteiger partial charge in [-0.2, -0.15) is 0 Å². The van der Waals surface area contributed by atoms with E-state index in [9.17, 15) is 0 Å². The molecule has 1 aliphatic heterocycles. The SMILES string of the molecule is C=C(C)C.CSN1CCN(CCNC23CCC[C@@H]2C2CCC4C5(C)CC=C(C6=CCC(C)CC6)C(C)(C)C5CCC4(C)[C@]2(C)CC3)CC1.O=CO. The molecule has 9 atom stereocenters. The number of fused-ring (bicyclic) bond motifs is 7. The fourth-order valence-electron chi connectivity index (χ4n) is 13.8. The quantitative estimate of drug-likeness (QED) is 0.162. The summed E-state index contributed by atoms with van der Waals surface area (Å²) in [5, 5.41) is 11.2. The largest absolute Gasteiger partial charge is 0.483 e. The maximum absolute atomic E-state index is 8.36. The van der Waals surface area contributed by atoms with Gasteiger partial charge >= 0.3 is 0 Å². The molecule has 0 bridgehead atoms. The summed E-state index contributed by atoms with van der Waals surface area (Å²) in [5.74, 6) is 4.37. The second-order valence-corrected chi connectivity index (χ2v) is 20.5. The van der Waals surface area contributed by atoms with Gasteiger partial charge in [0.2, 0.25) is 0 Å². The van der Waals surface area contributed by atoms with E-state index >= 15 is 0 Å². The Kier molecular flexibility index (Phi) is 13.2. The van der Waals surface area contributed by atoms with Gasteiger partial charge in [0.15, 0.2) is 0 Å². The first-order valence-electron chi connectivity index (χ1n) is 21.0. The maximum Gasteiger partial charge on any atom is 0.290 e. The van der Waals surface area contributed by atoms with Crippen LogP contribution in [0, 0.1) is 51.2 Å². The standard InChI is InChI=1S/C40H67N3S.C4H8.CH2O2/c1-29-10-12-30(13-11-29)31-16-19-37(4)34(36(31,2)3)17-20-39(6)35(37)15-14-32-33-9-8-18-40(33,22-21-38(32,39)5)41-23-24-42-25-27-43(44-7)28-26-42;1-4(2)3;2-1-3/h12,16,29,32-35,41H,8-11,13-15,17-28H2,1-7H3;1H2,2-3H3;1H,(H,2,3)/t29?,32?,33-,34?,35?,37?,38-,39?,40?;;/m1../s1. The van der Waals surface area contributed by atoms with E-state index in [0.717, 1.165) is 29.6 Å². The molecule has 0 spiro atoms. The van der Waals surface area contributed by atoms with Crippen molar-refractivity contribution in [1.29, 1.82) is 0 Å². The minimum Gasteiger partial charge on any atom is -0.483 e. The lowest BCUT2D eigenvalue weighted by atomic mass is 9.33. The van der Waals surface area contributed by atoms with Crippen LogP contribution in [-0.2, 0) is 4.79 Å². The van der Waals surface area contributed by atoms with Gasteiger partial charge < -0.3 is 10.4 Å². The molecule has 7 unspecified atom stereocenters. The average Bonchev–Trinajstić information content (AvgIpc) is 3.50. The molecule has 0 aromatic rings. The third-order valence-electron chi connectivity index (χ3n) is 16.5. The van der Waals surface area contributed by atoms with E-state index in [1.165, 1.54) is 128 Å². The van der Waals surface area contributed by atoms with E-state index in [1.54, 1.807) is 11.1 Å². The highest BCUT2D eigenvalue weighted by Crippen LogP contribution is 2.76. The Balaban J connectivity index is 0.000000664. The second kappa shape index (κ2) is 16.3. The minimum atomic E-state index is -0.250. The molecule has 7 aliphatic rings. The summed E-state index contributed by atoms with van der Waals surface area (Å²) in [4.78, 5) is 11.1. The van der Waals surface area contributed by atoms with E-state index in [1.807, 2.05) is 25.8 Å². The van der Waals surface area contributed by atoms with Crippen LogP contribution in [-0.4, -0.2) is 71.8 Å². The lowest BCUT2D eigenvalue weighted by molar-refractivity contribution is -0.218. The van der Waals surface area contributed by atoms with Crippen molar-refractivity contribution in [3.05, 3.63) is 35.5 Å². The number of carbonyl (C=O) groups is 1. The highest BCUT2D eigenvalue weighted by molar-refractivity contribution is 7.96. The topological polar surface area (TPSA) is 55.8 Å². The van der Waals surface area contributed by atoms with Gasteiger partial charge in [0.05, 0.1) is 0 Å². The zero-order chi connectivity index (χ0) is 37.2. The summed E-state index contributed by atoms with van der Waals surface area (Å²) in [5.41, 5.74) is 6.78. The van der Waals surface area contributed by atoms with Crippen molar-refractivity contribution < 1.29 is 9.90 Å². The monoisotopic (exact) mass is 724 g/mol. The van der Waals surface area contributed by atoms with Crippen molar-refractivity contribution in [2.45, 2.75) is 144 Å². The number of carboxylic acid groups (broad SMARTS) is 1. The van der Waals surface area contributed by atoms with Crippen molar-refractivity contribution in [3.8, 4) is 0 Å². The van der Waals surface area contributed by atoms with Gasteiger partial charge in [-0.05, 0) is 160 Å². The van der Waals surface area contributed by atoms with Gasteiger partial charge in [-0.15, -0.1) is 6.58 Å². The van der Waals surface area contributed by atoms with Crippen LogP contribution in [0.25, 0.3) is 0 Å². The minimum absolute atomic E-state index is 0.250. The number of allylic oxidation sites excluding steroid dienone is 5. The average molecular weight is 724 g/mol. The molecule has 1 heterocycles. The maximum atomic E-state index is 8.36. The van der Waals surface area contributed by atoms with Crippen LogP contribution in [0.3, 0.4) is 0 Å². The van der Waals surface area contributed by atoms with Crippen molar-refractivity contribution in [2.24, 2.45) is 51.2 Å². The molecule has 6 aliphatic carbocycles. The fraction of sp³-hybridized carbons (Fsp3) is 0.844. The van der Waals surface area contributed by atoms with Gasteiger partial charge in [0.25, 0.3) is 6.47 Å². The molecule has 7 rings (SSSR count). The molecule has 0 aromatic carbocycles. The van der Waals surface area contributed by atoms with Crippen molar-refractivity contribution >= 4 is 18.4 Å². The first-order valence-corrected chi connectivity index (χ1v) is 22.2. The highest BCUT2D eigenvalue weighted by atomic mass is 32.2. The molecular formula is C45H77N3O2S. The van der Waals surface area contributed by atoms with Crippen molar-refractivity contribution in [1.82, 2.24) is 14.5 Å². The van der Waals surface area contributed by atoms with Crippen LogP contribution >= 0.6 is 11.9 Å². The second-order valence-electron chi connectivity index (χ2n) is 19.7. The number of rotatable bonds is 6. The van der Waals surface area contributed by atoms with Crippen LogP contribution in [0.5, 0.6) is 0 Å². The fourth-order valence-corrected chi connectivity index (χ4v) is 14.4.